The van der Waals surface area contributed by atoms with Gasteiger partial charge in [-0.25, -0.2) is 0 Å². The van der Waals surface area contributed by atoms with E-state index in [4.69, 9.17) is 4.74 Å². The van der Waals surface area contributed by atoms with Crippen molar-refractivity contribution in [3.05, 3.63) is 65.7 Å². The zero-order valence-corrected chi connectivity index (χ0v) is 10.3. The van der Waals surface area contributed by atoms with E-state index in [2.05, 4.69) is 47.8 Å². The van der Waals surface area contributed by atoms with E-state index in [9.17, 15) is 0 Å². The first-order valence-corrected chi connectivity index (χ1v) is 6.40. The number of nitrogens with one attached hydrogen (secondary N) is 1. The molecule has 92 valence electrons. The van der Waals surface area contributed by atoms with Gasteiger partial charge in [0, 0.05) is 18.2 Å². The molecule has 2 nitrogen and oxygen atoms in total. The monoisotopic (exact) mass is 239 g/mol. The zero-order valence-electron chi connectivity index (χ0n) is 10.3. The summed E-state index contributed by atoms with van der Waals surface area (Å²) in [7, 11) is 0. The summed E-state index contributed by atoms with van der Waals surface area (Å²) in [4.78, 5) is 0. The number of benzene rings is 2. The van der Waals surface area contributed by atoms with E-state index >= 15 is 0 Å². The topological polar surface area (TPSA) is 21.3 Å². The lowest BCUT2D eigenvalue weighted by Crippen LogP contribution is -2.34. The molecule has 1 heterocycles. The lowest BCUT2D eigenvalue weighted by molar-refractivity contribution is 0.277. The molecule has 0 spiro atoms. The van der Waals surface area contributed by atoms with E-state index in [1.54, 1.807) is 0 Å². The highest BCUT2D eigenvalue weighted by Gasteiger charge is 2.16. The van der Waals surface area contributed by atoms with Gasteiger partial charge in [0.2, 0.25) is 0 Å². The fourth-order valence-corrected chi connectivity index (χ4v) is 2.32. The molecular weight excluding hydrogens is 222 g/mol. The molecule has 2 aromatic carbocycles. The minimum absolute atomic E-state index is 0.375. The van der Waals surface area contributed by atoms with Crippen LogP contribution in [0.25, 0.3) is 0 Å². The van der Waals surface area contributed by atoms with Gasteiger partial charge in [-0.3, -0.25) is 0 Å². The number of para-hydroxylation sites is 1. The van der Waals surface area contributed by atoms with Crippen molar-refractivity contribution in [1.82, 2.24) is 5.32 Å². The van der Waals surface area contributed by atoms with Gasteiger partial charge in [-0.05, 0) is 18.1 Å². The summed E-state index contributed by atoms with van der Waals surface area (Å²) < 4.78 is 5.87. The number of hydrogen-bond donors (Lipinski definition) is 1. The summed E-state index contributed by atoms with van der Waals surface area (Å²) in [6.07, 6.45) is 1.01. The molecule has 1 aliphatic heterocycles. The van der Waals surface area contributed by atoms with E-state index in [0.29, 0.717) is 6.04 Å². The minimum atomic E-state index is 0.375. The zero-order chi connectivity index (χ0) is 12.2. The summed E-state index contributed by atoms with van der Waals surface area (Å²) >= 11 is 0. The van der Waals surface area contributed by atoms with Gasteiger partial charge in [-0.15, -0.1) is 0 Å². The van der Waals surface area contributed by atoms with Gasteiger partial charge in [0.25, 0.3) is 0 Å². The molecule has 3 rings (SSSR count). The van der Waals surface area contributed by atoms with Crippen molar-refractivity contribution in [3.8, 4) is 5.75 Å². The van der Waals surface area contributed by atoms with E-state index in [0.717, 1.165) is 25.3 Å². The summed E-state index contributed by atoms with van der Waals surface area (Å²) in [5.41, 5.74) is 2.60. The molecule has 0 radical (unpaired) electrons. The van der Waals surface area contributed by atoms with Gasteiger partial charge in [-0.1, -0.05) is 48.5 Å². The largest absolute Gasteiger partial charge is 0.492 e. The standard InChI is InChI=1S/C16H17NO/c1-2-6-13(7-3-1)10-15-12-18-16-9-5-4-8-14(16)11-17-15/h1-9,15,17H,10-12H2. The van der Waals surface area contributed by atoms with E-state index in [1.807, 2.05) is 12.1 Å². The molecule has 18 heavy (non-hydrogen) atoms. The predicted molar refractivity (Wildman–Crippen MR) is 72.7 cm³/mol. The molecule has 0 fully saturated rings. The average Bonchev–Trinajstić information content (AvgIpc) is 2.63. The first-order chi connectivity index (χ1) is 8.92. The van der Waals surface area contributed by atoms with Crippen LogP contribution in [0.4, 0.5) is 0 Å². The van der Waals surface area contributed by atoms with Gasteiger partial charge in [0.1, 0.15) is 12.4 Å². The smallest absolute Gasteiger partial charge is 0.123 e. The molecule has 1 atom stereocenters. The third-order valence-corrected chi connectivity index (χ3v) is 3.32. The Kier molecular flexibility index (Phi) is 3.29. The van der Waals surface area contributed by atoms with Crippen LogP contribution in [0.2, 0.25) is 0 Å². The maximum absolute atomic E-state index is 5.87. The Morgan fingerprint density at radius 2 is 1.78 bits per heavy atom. The number of fused-ring (bicyclic) bond motifs is 1. The fourth-order valence-electron chi connectivity index (χ4n) is 2.32. The van der Waals surface area contributed by atoms with Crippen LogP contribution >= 0.6 is 0 Å². The van der Waals surface area contributed by atoms with Crippen molar-refractivity contribution in [2.75, 3.05) is 6.61 Å². The molecule has 2 heteroatoms. The number of rotatable bonds is 2. The lowest BCUT2D eigenvalue weighted by Gasteiger charge is -2.15. The summed E-state index contributed by atoms with van der Waals surface area (Å²) in [6, 6.07) is 19.2. The van der Waals surface area contributed by atoms with Crippen molar-refractivity contribution in [2.45, 2.75) is 19.0 Å². The van der Waals surface area contributed by atoms with E-state index in [1.165, 1.54) is 11.1 Å². The Labute approximate surface area is 108 Å². The highest BCUT2D eigenvalue weighted by molar-refractivity contribution is 5.34. The number of hydrogen-bond acceptors (Lipinski definition) is 2. The Balaban J connectivity index is 1.68. The normalized spacial score (nSPS) is 18.6. The summed E-state index contributed by atoms with van der Waals surface area (Å²) in [6.45, 7) is 1.61. The maximum Gasteiger partial charge on any atom is 0.123 e. The Morgan fingerprint density at radius 3 is 2.67 bits per heavy atom. The molecule has 2 aromatic rings. The molecule has 0 saturated carbocycles. The first kappa shape index (κ1) is 11.3. The van der Waals surface area contributed by atoms with Gasteiger partial charge in [-0.2, -0.15) is 0 Å². The van der Waals surface area contributed by atoms with Crippen LogP contribution in [0.5, 0.6) is 5.75 Å². The van der Waals surface area contributed by atoms with Gasteiger partial charge < -0.3 is 10.1 Å². The van der Waals surface area contributed by atoms with Gasteiger partial charge >= 0.3 is 0 Å². The Hall–Kier alpha value is -1.80. The molecular formula is C16H17NO. The third kappa shape index (κ3) is 2.54. The highest BCUT2D eigenvalue weighted by Crippen LogP contribution is 2.21. The molecule has 0 bridgehead atoms. The molecule has 0 saturated heterocycles. The molecule has 0 aromatic heterocycles. The highest BCUT2D eigenvalue weighted by atomic mass is 16.5. The predicted octanol–water partition coefficient (Wildman–Crippen LogP) is 2.78. The van der Waals surface area contributed by atoms with Crippen LogP contribution in [0.15, 0.2) is 54.6 Å². The SMILES string of the molecule is c1ccc(CC2COc3ccccc3CN2)cc1. The van der Waals surface area contributed by atoms with Crippen LogP contribution < -0.4 is 10.1 Å². The third-order valence-electron chi connectivity index (χ3n) is 3.32. The van der Waals surface area contributed by atoms with Crippen molar-refractivity contribution in [2.24, 2.45) is 0 Å². The summed E-state index contributed by atoms with van der Waals surface area (Å²) in [5, 5.41) is 3.56. The van der Waals surface area contributed by atoms with Crippen LogP contribution in [0.3, 0.4) is 0 Å². The minimum Gasteiger partial charge on any atom is -0.492 e. The Bertz CT molecular complexity index is 483. The van der Waals surface area contributed by atoms with Crippen molar-refractivity contribution in [1.29, 1.82) is 0 Å². The molecule has 1 aliphatic rings. The second-order valence-electron chi connectivity index (χ2n) is 4.69. The van der Waals surface area contributed by atoms with Crippen LogP contribution in [-0.2, 0) is 13.0 Å². The van der Waals surface area contributed by atoms with E-state index < -0.39 is 0 Å². The second kappa shape index (κ2) is 5.23. The number of ether oxygens (including phenoxy) is 1. The molecule has 0 aliphatic carbocycles. The average molecular weight is 239 g/mol. The van der Waals surface area contributed by atoms with Gasteiger partial charge in [0.15, 0.2) is 0 Å². The van der Waals surface area contributed by atoms with Gasteiger partial charge in [0.05, 0.1) is 0 Å². The molecule has 0 amide bonds. The second-order valence-corrected chi connectivity index (χ2v) is 4.69. The molecule has 1 N–H and O–H groups in total. The quantitative estimate of drug-likeness (QED) is 0.870. The van der Waals surface area contributed by atoms with E-state index in [-0.39, 0.29) is 0 Å². The van der Waals surface area contributed by atoms with Crippen molar-refractivity contribution in [3.63, 3.8) is 0 Å². The molecule has 1 unspecified atom stereocenters. The fraction of sp³-hybridized carbons (Fsp3) is 0.250. The van der Waals surface area contributed by atoms with Crippen molar-refractivity contribution < 1.29 is 4.74 Å². The first-order valence-electron chi connectivity index (χ1n) is 6.40. The Morgan fingerprint density at radius 1 is 1.00 bits per heavy atom. The van der Waals surface area contributed by atoms with Crippen LogP contribution in [-0.4, -0.2) is 12.6 Å². The summed E-state index contributed by atoms with van der Waals surface area (Å²) in [5.74, 6) is 1.01. The lowest BCUT2D eigenvalue weighted by atomic mass is 10.1. The van der Waals surface area contributed by atoms with Crippen LogP contribution in [0.1, 0.15) is 11.1 Å². The van der Waals surface area contributed by atoms with Crippen LogP contribution in [0, 0.1) is 0 Å². The van der Waals surface area contributed by atoms with Crippen molar-refractivity contribution >= 4 is 0 Å². The maximum atomic E-state index is 5.87.